The zero-order chi connectivity index (χ0) is 18.1. The molecule has 0 bridgehead atoms. The summed E-state index contributed by atoms with van der Waals surface area (Å²) in [5.41, 5.74) is 1.78. The number of carbonyl (C=O) groups excluding carboxylic acids is 1. The average Bonchev–Trinajstić information content (AvgIpc) is 3.07. The molecule has 2 aliphatic rings. The van der Waals surface area contributed by atoms with E-state index in [1.54, 1.807) is 7.11 Å². The molecule has 4 rings (SSSR count). The topological polar surface area (TPSA) is 45.7 Å². The minimum Gasteiger partial charge on any atom is -0.383 e. The number of likely N-dealkylation sites (tertiary alicyclic amines) is 1. The maximum Gasteiger partial charge on any atom is 0.230 e. The van der Waals surface area contributed by atoms with E-state index in [1.807, 2.05) is 35.4 Å². The molecule has 6 heteroatoms. The monoisotopic (exact) mass is 373 g/mol. The fraction of sp³-hybridized carbons (Fsp3) is 0.500. The van der Waals surface area contributed by atoms with Crippen molar-refractivity contribution in [2.45, 2.75) is 19.3 Å². The van der Waals surface area contributed by atoms with E-state index in [4.69, 9.17) is 16.3 Å². The van der Waals surface area contributed by atoms with E-state index in [0.717, 1.165) is 55.5 Å². The summed E-state index contributed by atoms with van der Waals surface area (Å²) in [5.74, 6) is 0.296. The third-order valence-electron chi connectivity index (χ3n) is 5.77. The Morgan fingerprint density at radius 1 is 1.27 bits per heavy atom. The van der Waals surface area contributed by atoms with Crippen LogP contribution in [0.25, 0.3) is 10.9 Å². The molecule has 3 heterocycles. The molecule has 1 aromatic carbocycles. The largest absolute Gasteiger partial charge is 0.383 e. The Balaban J connectivity index is 1.59. The van der Waals surface area contributed by atoms with Gasteiger partial charge in [-0.15, -0.1) is 0 Å². The van der Waals surface area contributed by atoms with E-state index < -0.39 is 0 Å². The van der Waals surface area contributed by atoms with Gasteiger partial charge >= 0.3 is 0 Å². The van der Waals surface area contributed by atoms with Crippen molar-refractivity contribution >= 4 is 34.1 Å². The first kappa shape index (κ1) is 17.6. The quantitative estimate of drug-likeness (QED) is 0.824. The minimum absolute atomic E-state index is 0.256. The maximum absolute atomic E-state index is 13.2. The minimum atomic E-state index is -0.256. The van der Waals surface area contributed by atoms with Crippen molar-refractivity contribution in [3.05, 3.63) is 35.5 Å². The second-order valence-corrected chi connectivity index (χ2v) is 7.77. The number of ether oxygens (including phenoxy) is 1. The van der Waals surface area contributed by atoms with Crippen LogP contribution in [0.4, 0.5) is 5.69 Å². The van der Waals surface area contributed by atoms with Crippen molar-refractivity contribution in [2.75, 3.05) is 44.8 Å². The van der Waals surface area contributed by atoms with E-state index in [2.05, 4.69) is 9.88 Å². The summed E-state index contributed by atoms with van der Waals surface area (Å²) < 4.78 is 5.17. The molecule has 0 radical (unpaired) electrons. The van der Waals surface area contributed by atoms with Crippen LogP contribution in [0.2, 0.25) is 5.02 Å². The van der Waals surface area contributed by atoms with Gasteiger partial charge in [-0.25, -0.2) is 0 Å². The zero-order valence-corrected chi connectivity index (χ0v) is 15.8. The number of halogens is 1. The second-order valence-electron chi connectivity index (χ2n) is 7.33. The predicted molar refractivity (Wildman–Crippen MR) is 104 cm³/mol. The lowest BCUT2D eigenvalue weighted by atomic mass is 9.78. The lowest BCUT2D eigenvalue weighted by Crippen LogP contribution is -2.51. The van der Waals surface area contributed by atoms with Crippen LogP contribution in [0, 0.1) is 5.41 Å². The molecule has 26 heavy (non-hydrogen) atoms. The SMILES string of the molecule is COCCN1CCC[C@@]2(CCN(c3ccnc4cc(Cl)ccc34)C2)C1=O. The van der Waals surface area contributed by atoms with E-state index >= 15 is 0 Å². The maximum atomic E-state index is 13.2. The molecule has 2 saturated heterocycles. The summed E-state index contributed by atoms with van der Waals surface area (Å²) in [6.45, 7) is 3.80. The van der Waals surface area contributed by atoms with Crippen molar-refractivity contribution in [3.63, 3.8) is 0 Å². The highest BCUT2D eigenvalue weighted by Gasteiger charge is 2.48. The fourth-order valence-electron chi connectivity index (χ4n) is 4.41. The zero-order valence-electron chi connectivity index (χ0n) is 15.1. The highest BCUT2D eigenvalue weighted by Crippen LogP contribution is 2.42. The van der Waals surface area contributed by atoms with Gasteiger partial charge in [0.1, 0.15) is 0 Å². The summed E-state index contributed by atoms with van der Waals surface area (Å²) >= 11 is 6.11. The molecule has 0 aliphatic carbocycles. The van der Waals surface area contributed by atoms with Gasteiger partial charge in [0.25, 0.3) is 0 Å². The Morgan fingerprint density at radius 3 is 3.00 bits per heavy atom. The van der Waals surface area contributed by atoms with E-state index in [-0.39, 0.29) is 5.41 Å². The number of hydrogen-bond acceptors (Lipinski definition) is 4. The number of nitrogens with zero attached hydrogens (tertiary/aromatic N) is 3. The Kier molecular flexibility index (Phi) is 4.76. The van der Waals surface area contributed by atoms with Crippen LogP contribution in [0.3, 0.4) is 0 Å². The van der Waals surface area contributed by atoms with Crippen molar-refractivity contribution in [2.24, 2.45) is 5.41 Å². The smallest absolute Gasteiger partial charge is 0.230 e. The molecule has 138 valence electrons. The molecule has 0 N–H and O–H groups in total. The van der Waals surface area contributed by atoms with Gasteiger partial charge in [-0.3, -0.25) is 9.78 Å². The Labute approximate surface area is 158 Å². The molecule has 2 fully saturated rings. The number of hydrogen-bond donors (Lipinski definition) is 0. The van der Waals surface area contributed by atoms with Gasteiger partial charge in [-0.2, -0.15) is 0 Å². The lowest BCUT2D eigenvalue weighted by Gasteiger charge is -2.39. The molecule has 1 spiro atoms. The fourth-order valence-corrected chi connectivity index (χ4v) is 4.57. The van der Waals surface area contributed by atoms with Gasteiger partial charge in [-0.1, -0.05) is 11.6 Å². The molecular formula is C20H24ClN3O2. The van der Waals surface area contributed by atoms with Gasteiger partial charge in [0, 0.05) is 55.6 Å². The normalized spacial score (nSPS) is 23.4. The molecule has 1 amide bonds. The van der Waals surface area contributed by atoms with Gasteiger partial charge in [0.15, 0.2) is 0 Å². The van der Waals surface area contributed by atoms with E-state index in [9.17, 15) is 4.79 Å². The van der Waals surface area contributed by atoms with Gasteiger partial charge in [0.05, 0.1) is 17.5 Å². The van der Waals surface area contributed by atoms with Crippen LogP contribution in [0.5, 0.6) is 0 Å². The first-order valence-corrected chi connectivity index (χ1v) is 9.58. The molecule has 1 aromatic heterocycles. The Hall–Kier alpha value is -1.85. The Morgan fingerprint density at radius 2 is 2.15 bits per heavy atom. The summed E-state index contributed by atoms with van der Waals surface area (Å²) in [5, 5.41) is 1.78. The lowest BCUT2D eigenvalue weighted by molar-refractivity contribution is -0.145. The van der Waals surface area contributed by atoms with Crippen LogP contribution in [0.15, 0.2) is 30.5 Å². The van der Waals surface area contributed by atoms with Crippen LogP contribution in [-0.2, 0) is 9.53 Å². The number of piperidine rings is 1. The molecule has 0 unspecified atom stereocenters. The molecule has 5 nitrogen and oxygen atoms in total. The van der Waals surface area contributed by atoms with Crippen LogP contribution in [0.1, 0.15) is 19.3 Å². The molecular weight excluding hydrogens is 350 g/mol. The van der Waals surface area contributed by atoms with Crippen molar-refractivity contribution in [3.8, 4) is 0 Å². The number of aromatic nitrogens is 1. The third-order valence-corrected chi connectivity index (χ3v) is 6.00. The number of carbonyl (C=O) groups is 1. The first-order chi connectivity index (χ1) is 12.6. The van der Waals surface area contributed by atoms with Crippen LogP contribution in [-0.4, -0.2) is 55.7 Å². The summed E-state index contributed by atoms with van der Waals surface area (Å²) in [6.07, 6.45) is 4.77. The predicted octanol–water partition coefficient (Wildman–Crippen LogP) is 3.35. The highest BCUT2D eigenvalue weighted by atomic mass is 35.5. The summed E-state index contributed by atoms with van der Waals surface area (Å²) in [6, 6.07) is 7.87. The number of fused-ring (bicyclic) bond motifs is 1. The summed E-state index contributed by atoms with van der Waals surface area (Å²) in [4.78, 5) is 21.9. The van der Waals surface area contributed by atoms with Crippen LogP contribution >= 0.6 is 11.6 Å². The average molecular weight is 374 g/mol. The number of rotatable bonds is 4. The van der Waals surface area contributed by atoms with Gasteiger partial charge in [-0.05, 0) is 43.5 Å². The Bertz CT molecular complexity index is 828. The second kappa shape index (κ2) is 7.05. The number of anilines is 1. The van der Waals surface area contributed by atoms with Crippen molar-refractivity contribution in [1.82, 2.24) is 9.88 Å². The summed E-state index contributed by atoms with van der Waals surface area (Å²) in [7, 11) is 1.68. The van der Waals surface area contributed by atoms with E-state index in [1.165, 1.54) is 0 Å². The molecule has 1 atom stereocenters. The van der Waals surface area contributed by atoms with Crippen molar-refractivity contribution in [1.29, 1.82) is 0 Å². The number of benzene rings is 1. The number of methoxy groups -OCH3 is 1. The highest BCUT2D eigenvalue weighted by molar-refractivity contribution is 6.31. The van der Waals surface area contributed by atoms with Gasteiger partial charge < -0.3 is 14.5 Å². The number of amides is 1. The van der Waals surface area contributed by atoms with Crippen LogP contribution < -0.4 is 4.90 Å². The van der Waals surface area contributed by atoms with Gasteiger partial charge in [0.2, 0.25) is 5.91 Å². The standard InChI is InChI=1S/C20H24ClN3O2/c1-26-12-11-23-9-2-6-20(19(23)25)7-10-24(14-20)18-5-8-22-17-13-15(21)3-4-16(17)18/h3-5,8,13H,2,6-7,9-12,14H2,1H3/t20-/m0/s1. The van der Waals surface area contributed by atoms with Crippen molar-refractivity contribution < 1.29 is 9.53 Å². The first-order valence-electron chi connectivity index (χ1n) is 9.20. The third kappa shape index (κ3) is 3.03. The molecule has 2 aromatic rings. The molecule has 2 aliphatic heterocycles. The number of pyridine rings is 1. The van der Waals surface area contributed by atoms with E-state index in [0.29, 0.717) is 24.1 Å². The molecule has 0 saturated carbocycles.